The van der Waals surface area contributed by atoms with Crippen molar-refractivity contribution < 1.29 is 19.3 Å². The summed E-state index contributed by atoms with van der Waals surface area (Å²) in [7, 11) is 1.61. The van der Waals surface area contributed by atoms with Crippen LogP contribution in [0.1, 0.15) is 37.8 Å². The Morgan fingerprint density at radius 2 is 1.91 bits per heavy atom. The fourth-order valence-corrected chi connectivity index (χ4v) is 1.97. The summed E-state index contributed by atoms with van der Waals surface area (Å²) < 4.78 is 16.4. The largest absolute Gasteiger partial charge is 0.493 e. The van der Waals surface area contributed by atoms with Crippen LogP contribution < -0.4 is 15.2 Å². The molecule has 5 nitrogen and oxygen atoms in total. The summed E-state index contributed by atoms with van der Waals surface area (Å²) in [5.41, 5.74) is 6.91. The molecule has 0 fully saturated rings. The number of benzene rings is 1. The summed E-state index contributed by atoms with van der Waals surface area (Å²) in [6, 6.07) is 5.46. The van der Waals surface area contributed by atoms with E-state index in [1.165, 1.54) is 0 Å². The highest BCUT2D eigenvalue weighted by Crippen LogP contribution is 2.30. The number of nitrogens with two attached hydrogens (primary N) is 1. The lowest BCUT2D eigenvalue weighted by atomic mass is 10.0. The van der Waals surface area contributed by atoms with Gasteiger partial charge in [0.1, 0.15) is 0 Å². The highest BCUT2D eigenvalue weighted by atomic mass is 35.5. The third-order valence-corrected chi connectivity index (χ3v) is 3.20. The number of halogens is 1. The SMILES string of the molecule is CCOCCCCOc1ccc(C(N)CCO)cc1OC.Cl. The van der Waals surface area contributed by atoms with Crippen molar-refractivity contribution in [2.45, 2.75) is 32.2 Å². The molecule has 0 radical (unpaired) electrons. The Bertz CT molecular complexity index is 404. The minimum Gasteiger partial charge on any atom is -0.493 e. The Kier molecular flexibility index (Phi) is 12.0. The standard InChI is InChI=1S/C16H27NO4.ClH/c1-3-20-10-4-5-11-21-15-7-6-13(12-16(15)19-2)14(17)8-9-18;/h6-7,12,14,18H,3-5,8-11,17H2,1-2H3;1H. The molecule has 128 valence electrons. The van der Waals surface area contributed by atoms with Gasteiger partial charge in [0.25, 0.3) is 0 Å². The van der Waals surface area contributed by atoms with Gasteiger partial charge in [0, 0.05) is 25.9 Å². The number of methoxy groups -OCH3 is 1. The third-order valence-electron chi connectivity index (χ3n) is 3.20. The average molecular weight is 334 g/mol. The van der Waals surface area contributed by atoms with Gasteiger partial charge in [0.2, 0.25) is 0 Å². The van der Waals surface area contributed by atoms with E-state index in [9.17, 15) is 0 Å². The van der Waals surface area contributed by atoms with Gasteiger partial charge in [-0.05, 0) is 43.9 Å². The van der Waals surface area contributed by atoms with Crippen molar-refractivity contribution in [1.82, 2.24) is 0 Å². The molecule has 0 saturated heterocycles. The number of aliphatic hydroxyl groups is 1. The first kappa shape index (κ1) is 21.0. The zero-order valence-corrected chi connectivity index (χ0v) is 14.2. The molecule has 0 aromatic heterocycles. The number of ether oxygens (including phenoxy) is 3. The monoisotopic (exact) mass is 333 g/mol. The van der Waals surface area contributed by atoms with Gasteiger partial charge in [0.15, 0.2) is 11.5 Å². The van der Waals surface area contributed by atoms with E-state index in [0.717, 1.165) is 31.6 Å². The molecular weight excluding hydrogens is 306 g/mol. The summed E-state index contributed by atoms with van der Waals surface area (Å²) in [5.74, 6) is 1.39. The van der Waals surface area contributed by atoms with Crippen LogP contribution in [0.4, 0.5) is 0 Å². The first-order valence-electron chi connectivity index (χ1n) is 7.47. The Morgan fingerprint density at radius 3 is 2.55 bits per heavy atom. The summed E-state index contributed by atoms with van der Waals surface area (Å²) in [6.07, 6.45) is 2.45. The smallest absolute Gasteiger partial charge is 0.161 e. The van der Waals surface area contributed by atoms with Crippen LogP contribution in [-0.4, -0.2) is 38.6 Å². The maximum Gasteiger partial charge on any atom is 0.161 e. The lowest BCUT2D eigenvalue weighted by Crippen LogP contribution is -2.12. The molecule has 22 heavy (non-hydrogen) atoms. The van der Waals surface area contributed by atoms with E-state index in [4.69, 9.17) is 25.1 Å². The highest BCUT2D eigenvalue weighted by Gasteiger charge is 2.10. The van der Waals surface area contributed by atoms with E-state index in [0.29, 0.717) is 24.5 Å². The molecule has 0 aliphatic rings. The maximum absolute atomic E-state index is 8.94. The molecule has 1 unspecified atom stereocenters. The molecular formula is C16H28ClNO4. The van der Waals surface area contributed by atoms with Crippen LogP contribution in [0.2, 0.25) is 0 Å². The van der Waals surface area contributed by atoms with Crippen LogP contribution in [0.3, 0.4) is 0 Å². The summed E-state index contributed by atoms with van der Waals surface area (Å²) >= 11 is 0. The van der Waals surface area contributed by atoms with E-state index in [-0.39, 0.29) is 25.1 Å². The second-order valence-electron chi connectivity index (χ2n) is 4.78. The minimum absolute atomic E-state index is 0. The lowest BCUT2D eigenvalue weighted by molar-refractivity contribution is 0.138. The Labute approximate surface area is 139 Å². The zero-order valence-electron chi connectivity index (χ0n) is 13.4. The van der Waals surface area contributed by atoms with Gasteiger partial charge in [-0.15, -0.1) is 12.4 Å². The Morgan fingerprint density at radius 1 is 1.18 bits per heavy atom. The Hall–Kier alpha value is -1.01. The Balaban J connectivity index is 0.00000441. The molecule has 0 aliphatic carbocycles. The molecule has 1 atom stereocenters. The van der Waals surface area contributed by atoms with E-state index in [1.807, 2.05) is 25.1 Å². The summed E-state index contributed by atoms with van der Waals surface area (Å²) in [4.78, 5) is 0. The molecule has 0 bridgehead atoms. The summed E-state index contributed by atoms with van der Waals surface area (Å²) in [5, 5.41) is 8.94. The quantitative estimate of drug-likeness (QED) is 0.609. The second-order valence-corrected chi connectivity index (χ2v) is 4.78. The van der Waals surface area contributed by atoms with E-state index >= 15 is 0 Å². The van der Waals surface area contributed by atoms with Crippen molar-refractivity contribution >= 4 is 12.4 Å². The predicted molar refractivity (Wildman–Crippen MR) is 90.1 cm³/mol. The third kappa shape index (κ3) is 7.31. The first-order valence-corrected chi connectivity index (χ1v) is 7.47. The molecule has 0 amide bonds. The van der Waals surface area contributed by atoms with Gasteiger partial charge < -0.3 is 25.1 Å². The zero-order chi connectivity index (χ0) is 15.5. The first-order chi connectivity index (χ1) is 10.2. The van der Waals surface area contributed by atoms with Crippen molar-refractivity contribution in [3.63, 3.8) is 0 Å². The highest BCUT2D eigenvalue weighted by molar-refractivity contribution is 5.85. The van der Waals surface area contributed by atoms with Crippen LogP contribution in [0, 0.1) is 0 Å². The predicted octanol–water partition coefficient (Wildman–Crippen LogP) is 2.69. The van der Waals surface area contributed by atoms with Gasteiger partial charge in [-0.2, -0.15) is 0 Å². The average Bonchev–Trinajstić information content (AvgIpc) is 2.51. The molecule has 6 heteroatoms. The van der Waals surface area contributed by atoms with Crippen LogP contribution in [-0.2, 0) is 4.74 Å². The van der Waals surface area contributed by atoms with Gasteiger partial charge in [-0.3, -0.25) is 0 Å². The van der Waals surface area contributed by atoms with Crippen LogP contribution in [0.15, 0.2) is 18.2 Å². The van der Waals surface area contributed by atoms with Crippen molar-refractivity contribution in [3.05, 3.63) is 23.8 Å². The maximum atomic E-state index is 8.94. The molecule has 0 heterocycles. The topological polar surface area (TPSA) is 73.9 Å². The molecule has 0 spiro atoms. The van der Waals surface area contributed by atoms with Crippen LogP contribution >= 0.6 is 12.4 Å². The van der Waals surface area contributed by atoms with E-state index in [2.05, 4.69) is 0 Å². The minimum atomic E-state index is -0.191. The van der Waals surface area contributed by atoms with Gasteiger partial charge in [0.05, 0.1) is 13.7 Å². The number of hydrogen-bond donors (Lipinski definition) is 2. The number of hydrogen-bond acceptors (Lipinski definition) is 5. The number of rotatable bonds is 11. The molecule has 1 aromatic rings. The second kappa shape index (κ2) is 12.5. The number of aliphatic hydroxyl groups excluding tert-OH is 1. The molecule has 3 N–H and O–H groups in total. The normalized spacial score (nSPS) is 11.6. The van der Waals surface area contributed by atoms with Crippen molar-refractivity contribution in [3.8, 4) is 11.5 Å². The van der Waals surface area contributed by atoms with Crippen molar-refractivity contribution in [1.29, 1.82) is 0 Å². The van der Waals surface area contributed by atoms with Gasteiger partial charge in [-0.1, -0.05) is 6.07 Å². The lowest BCUT2D eigenvalue weighted by Gasteiger charge is -2.15. The molecule has 1 aromatic carbocycles. The summed E-state index contributed by atoms with van der Waals surface area (Å²) in [6.45, 7) is 4.22. The van der Waals surface area contributed by atoms with Crippen molar-refractivity contribution in [2.24, 2.45) is 5.73 Å². The van der Waals surface area contributed by atoms with Gasteiger partial charge >= 0.3 is 0 Å². The molecule has 1 rings (SSSR count). The fraction of sp³-hybridized carbons (Fsp3) is 0.625. The number of unbranched alkanes of at least 4 members (excludes halogenated alkanes) is 1. The molecule has 0 saturated carbocycles. The fourth-order valence-electron chi connectivity index (χ4n) is 1.97. The van der Waals surface area contributed by atoms with Crippen LogP contribution in [0.25, 0.3) is 0 Å². The molecule has 0 aliphatic heterocycles. The van der Waals surface area contributed by atoms with Crippen molar-refractivity contribution in [2.75, 3.05) is 33.5 Å². The van der Waals surface area contributed by atoms with Crippen LogP contribution in [0.5, 0.6) is 11.5 Å². The van der Waals surface area contributed by atoms with E-state index in [1.54, 1.807) is 7.11 Å². The van der Waals surface area contributed by atoms with E-state index < -0.39 is 0 Å². The van der Waals surface area contributed by atoms with Gasteiger partial charge in [-0.25, -0.2) is 0 Å².